The Morgan fingerprint density at radius 3 is 2.83 bits per heavy atom. The predicted molar refractivity (Wildman–Crippen MR) is 167 cm³/mol. The van der Waals surface area contributed by atoms with Gasteiger partial charge in [0.1, 0.15) is 53.6 Å². The van der Waals surface area contributed by atoms with Crippen molar-refractivity contribution in [2.45, 2.75) is 42.9 Å². The number of rotatable bonds is 5. The number of hydrogen-bond acceptors (Lipinski definition) is 10. The topological polar surface area (TPSA) is 113 Å². The lowest BCUT2D eigenvalue weighted by Gasteiger charge is -2.33. The first-order valence-corrected chi connectivity index (χ1v) is 16.4. The van der Waals surface area contributed by atoms with Gasteiger partial charge < -0.3 is 25.4 Å². The zero-order valence-electron chi connectivity index (χ0n) is 24.7. The summed E-state index contributed by atoms with van der Waals surface area (Å²) in [5.74, 6) is -4.88. The molecule has 8 rings (SSSR count). The van der Waals surface area contributed by atoms with Gasteiger partial charge in [-0.15, -0.1) is 11.3 Å². The third kappa shape index (κ3) is 4.59. The summed E-state index contributed by atoms with van der Waals surface area (Å²) in [6, 6.07) is 2.76. The maximum absolute atomic E-state index is 17.1. The van der Waals surface area contributed by atoms with Gasteiger partial charge >= 0.3 is 6.01 Å². The van der Waals surface area contributed by atoms with Crippen LogP contribution in [-0.2, 0) is 0 Å². The Bertz CT molecular complexity index is 2010. The lowest BCUT2D eigenvalue weighted by Crippen LogP contribution is -2.49. The van der Waals surface area contributed by atoms with Crippen molar-refractivity contribution in [2.24, 2.45) is 0 Å². The number of nitrogens with zero attached hydrogens (tertiary/aromatic N) is 5. The van der Waals surface area contributed by atoms with Crippen LogP contribution < -0.4 is 25.4 Å². The van der Waals surface area contributed by atoms with E-state index in [4.69, 9.17) is 26.8 Å². The molecular weight excluding hydrogens is 665 g/mol. The molecule has 2 aromatic heterocycles. The van der Waals surface area contributed by atoms with E-state index in [1.165, 1.54) is 11.0 Å². The summed E-state index contributed by atoms with van der Waals surface area (Å²) in [5, 5.41) is 12.4. The quantitative estimate of drug-likeness (QED) is 0.256. The Hall–Kier alpha value is -3.71. The maximum Gasteiger partial charge on any atom is 0.319 e. The second-order valence-electron chi connectivity index (χ2n) is 12.5. The highest BCUT2D eigenvalue weighted by Crippen LogP contribution is 2.51. The summed E-state index contributed by atoms with van der Waals surface area (Å²) in [5.41, 5.74) is 4.93. The number of alkyl halides is 3. The number of hydrogen-bond donors (Lipinski definition) is 2. The van der Waals surface area contributed by atoms with E-state index in [-0.39, 0.29) is 105 Å². The average Bonchev–Trinajstić information content (AvgIpc) is 3.73. The molecule has 0 saturated carbocycles. The summed E-state index contributed by atoms with van der Waals surface area (Å²) >= 11 is 7.74. The normalized spacial score (nSPS) is 25.3. The number of anilines is 2. The molecule has 0 amide bonds. The van der Waals surface area contributed by atoms with Crippen molar-refractivity contribution in [3.05, 3.63) is 34.4 Å². The molecule has 4 aromatic rings. The fraction of sp³-hybridized carbons (Fsp3) is 0.452. The molecule has 0 spiro atoms. The van der Waals surface area contributed by atoms with Gasteiger partial charge in [-0.25, -0.2) is 22.0 Å². The van der Waals surface area contributed by atoms with Crippen LogP contribution in [0.4, 0.5) is 32.8 Å². The van der Waals surface area contributed by atoms with Gasteiger partial charge in [-0.2, -0.15) is 15.2 Å². The number of nitrogens with one attached hydrogen (secondary N) is 1. The summed E-state index contributed by atoms with van der Waals surface area (Å²) in [7, 11) is 0. The van der Waals surface area contributed by atoms with Crippen LogP contribution in [0.5, 0.6) is 11.8 Å². The largest absolute Gasteiger partial charge is 0.489 e. The Labute approximate surface area is 274 Å². The minimum absolute atomic E-state index is 0.0171. The second-order valence-corrected chi connectivity index (χ2v) is 13.9. The SMILES string of the molecule is N#Cc1c(N)sc2c(F)ccc(-c3c(Cl)c4c5c(nc(OC[C@@]67CCCN6C[C@H](F)C7)nc5c3F)N([C@H]3CNCC3(F)F)CCO4)c12. The smallest absolute Gasteiger partial charge is 0.319 e. The average molecular weight is 692 g/mol. The minimum atomic E-state index is -3.15. The molecule has 0 bridgehead atoms. The van der Waals surface area contributed by atoms with Gasteiger partial charge in [-0.3, -0.25) is 4.90 Å². The monoisotopic (exact) mass is 691 g/mol. The molecule has 0 unspecified atom stereocenters. The molecule has 3 saturated heterocycles. The number of benzene rings is 2. The highest BCUT2D eigenvalue weighted by molar-refractivity contribution is 7.23. The number of ether oxygens (including phenoxy) is 2. The van der Waals surface area contributed by atoms with Crippen LogP contribution in [-0.4, -0.2) is 84.5 Å². The zero-order chi connectivity index (χ0) is 32.8. The predicted octanol–water partition coefficient (Wildman–Crippen LogP) is 5.66. The number of nitrogen functional groups attached to an aromatic ring is 1. The van der Waals surface area contributed by atoms with E-state index in [0.717, 1.165) is 23.8 Å². The van der Waals surface area contributed by atoms with Crippen molar-refractivity contribution in [2.75, 3.05) is 56.6 Å². The van der Waals surface area contributed by atoms with E-state index in [9.17, 15) is 14.0 Å². The van der Waals surface area contributed by atoms with Crippen molar-refractivity contribution < 1.29 is 31.4 Å². The number of nitrogens with two attached hydrogens (primary N) is 1. The first-order chi connectivity index (χ1) is 22.5. The highest BCUT2D eigenvalue weighted by Gasteiger charge is 2.51. The van der Waals surface area contributed by atoms with E-state index in [2.05, 4.69) is 15.3 Å². The fourth-order valence-corrected chi connectivity index (χ4v) is 8.95. The van der Waals surface area contributed by atoms with Crippen LogP contribution in [0, 0.1) is 23.0 Å². The molecule has 246 valence electrons. The summed E-state index contributed by atoms with van der Waals surface area (Å²) in [4.78, 5) is 12.4. The standard InChI is InChI=1S/C31H27ClF5N7O2S/c32-22-20(15-2-3-17(34)26-19(15)16(9-38)27(39)47-26)23(35)24-21-25(22)45-7-6-44(18-10-40-12-31(18,36)37)28(21)42-29(41-24)46-13-30-4-1-5-43(30)11-14(33)8-30/h2-3,14,18,40H,1,4-8,10-13,39H2/t14-,18+,30+/m1/s1. The number of halogens is 6. The molecule has 0 radical (unpaired) electrons. The van der Waals surface area contributed by atoms with Gasteiger partial charge in [0.25, 0.3) is 5.92 Å². The summed E-state index contributed by atoms with van der Waals surface area (Å²) < 4.78 is 89.0. The first kappa shape index (κ1) is 30.6. The lowest BCUT2D eigenvalue weighted by molar-refractivity contribution is 0.00505. The van der Waals surface area contributed by atoms with E-state index >= 15 is 13.2 Å². The zero-order valence-corrected chi connectivity index (χ0v) is 26.3. The van der Waals surface area contributed by atoms with Gasteiger partial charge in [-0.1, -0.05) is 17.7 Å². The van der Waals surface area contributed by atoms with Crippen LogP contribution in [0.1, 0.15) is 24.8 Å². The lowest BCUT2D eigenvalue weighted by atomic mass is 9.95. The Morgan fingerprint density at radius 2 is 2.06 bits per heavy atom. The minimum Gasteiger partial charge on any atom is -0.489 e. The van der Waals surface area contributed by atoms with Crippen molar-refractivity contribution in [1.29, 1.82) is 5.26 Å². The first-order valence-electron chi connectivity index (χ1n) is 15.2. The van der Waals surface area contributed by atoms with Crippen LogP contribution in [0.2, 0.25) is 5.02 Å². The van der Waals surface area contributed by atoms with Gasteiger partial charge in [0.2, 0.25) is 0 Å². The number of aromatic nitrogens is 2. The van der Waals surface area contributed by atoms with Gasteiger partial charge in [0.15, 0.2) is 11.6 Å². The molecule has 16 heteroatoms. The molecule has 4 aliphatic heterocycles. The molecule has 2 aromatic carbocycles. The number of fused-ring (bicyclic) bond motifs is 2. The molecule has 4 aliphatic rings. The molecule has 9 nitrogen and oxygen atoms in total. The van der Waals surface area contributed by atoms with Crippen LogP contribution >= 0.6 is 22.9 Å². The van der Waals surface area contributed by atoms with Crippen molar-refractivity contribution in [3.63, 3.8) is 0 Å². The van der Waals surface area contributed by atoms with E-state index in [1.807, 2.05) is 11.0 Å². The Morgan fingerprint density at radius 1 is 1.23 bits per heavy atom. The van der Waals surface area contributed by atoms with Crippen LogP contribution in [0.25, 0.3) is 32.1 Å². The highest BCUT2D eigenvalue weighted by atomic mass is 35.5. The van der Waals surface area contributed by atoms with Gasteiger partial charge in [0, 0.05) is 30.5 Å². The maximum atomic E-state index is 17.1. The second kappa shape index (κ2) is 10.9. The molecule has 47 heavy (non-hydrogen) atoms. The number of thiophene rings is 1. The number of nitriles is 1. The molecule has 3 atom stereocenters. The van der Waals surface area contributed by atoms with Crippen LogP contribution in [0.3, 0.4) is 0 Å². The Balaban J connectivity index is 1.35. The molecule has 3 N–H and O–H groups in total. The molecular formula is C31H27ClF5N7O2S. The van der Waals surface area contributed by atoms with Crippen molar-refractivity contribution in [1.82, 2.24) is 20.2 Å². The summed E-state index contributed by atoms with van der Waals surface area (Å²) in [6.07, 6.45) is 0.792. The van der Waals surface area contributed by atoms with Crippen LogP contribution in [0.15, 0.2) is 12.1 Å². The van der Waals surface area contributed by atoms with E-state index < -0.39 is 41.9 Å². The van der Waals surface area contributed by atoms with Gasteiger partial charge in [-0.05, 0) is 31.0 Å². The molecule has 0 aliphatic carbocycles. The van der Waals surface area contributed by atoms with E-state index in [0.29, 0.717) is 13.0 Å². The third-order valence-electron chi connectivity index (χ3n) is 9.79. The van der Waals surface area contributed by atoms with Gasteiger partial charge in [0.05, 0.1) is 39.3 Å². The van der Waals surface area contributed by atoms with E-state index in [1.54, 1.807) is 0 Å². The third-order valence-corrected chi connectivity index (χ3v) is 11.2. The van der Waals surface area contributed by atoms with Crippen molar-refractivity contribution in [3.8, 4) is 29.0 Å². The Kier molecular flexibility index (Phi) is 7.11. The molecule has 3 fully saturated rings. The molecule has 6 heterocycles. The fourth-order valence-electron chi connectivity index (χ4n) is 7.67. The van der Waals surface area contributed by atoms with Crippen molar-refractivity contribution >= 4 is 54.7 Å². The summed E-state index contributed by atoms with van der Waals surface area (Å²) in [6.45, 7) is 0.237.